The summed E-state index contributed by atoms with van der Waals surface area (Å²) >= 11 is 1.30. The molecular weight excluding hydrogens is 280 g/mol. The lowest BCUT2D eigenvalue weighted by Gasteiger charge is -2.23. The fraction of sp³-hybridized carbons (Fsp3) is 0.308. The standard InChI is InChI=1S/C13H14N2O4S/c16-11-3-1-9(6-14-11)15-13(19)8-5-10(20-7-8)2-4-12(17)18/h2,4-5,7,9H,1,3,6H2,(H,14,16)(H,15,19)(H,17,18). The number of aliphatic carboxylic acids is 1. The van der Waals surface area contributed by atoms with Crippen LogP contribution in [0.2, 0.25) is 0 Å². The zero-order chi connectivity index (χ0) is 14.5. The van der Waals surface area contributed by atoms with Gasteiger partial charge in [0.25, 0.3) is 5.91 Å². The van der Waals surface area contributed by atoms with Crippen LogP contribution in [-0.2, 0) is 9.59 Å². The number of hydrogen-bond donors (Lipinski definition) is 3. The van der Waals surface area contributed by atoms with Crippen molar-refractivity contribution in [3.63, 3.8) is 0 Å². The van der Waals surface area contributed by atoms with Crippen molar-refractivity contribution in [3.05, 3.63) is 28.0 Å². The highest BCUT2D eigenvalue weighted by molar-refractivity contribution is 7.11. The first-order valence-electron chi connectivity index (χ1n) is 6.11. The number of hydrogen-bond acceptors (Lipinski definition) is 4. The molecule has 2 amide bonds. The number of piperidine rings is 1. The van der Waals surface area contributed by atoms with Gasteiger partial charge in [0.1, 0.15) is 0 Å². The van der Waals surface area contributed by atoms with E-state index in [1.807, 2.05) is 0 Å². The summed E-state index contributed by atoms with van der Waals surface area (Å²) < 4.78 is 0. The Hall–Kier alpha value is -2.15. The Morgan fingerprint density at radius 2 is 2.30 bits per heavy atom. The number of carboxylic acids is 1. The minimum absolute atomic E-state index is 0.00660. The van der Waals surface area contributed by atoms with E-state index in [1.165, 1.54) is 17.4 Å². The van der Waals surface area contributed by atoms with Gasteiger partial charge in [0.05, 0.1) is 5.56 Å². The second kappa shape index (κ2) is 6.33. The lowest BCUT2D eigenvalue weighted by molar-refractivity contribution is -0.131. The number of amides is 2. The van der Waals surface area contributed by atoms with Crippen LogP contribution in [0.3, 0.4) is 0 Å². The first-order valence-corrected chi connectivity index (χ1v) is 6.99. The van der Waals surface area contributed by atoms with Crippen molar-refractivity contribution in [3.8, 4) is 0 Å². The average Bonchev–Trinajstić information content (AvgIpc) is 2.88. The summed E-state index contributed by atoms with van der Waals surface area (Å²) in [6, 6.07) is 1.58. The molecule has 3 N–H and O–H groups in total. The largest absolute Gasteiger partial charge is 0.478 e. The molecule has 106 valence electrons. The second-order valence-corrected chi connectivity index (χ2v) is 5.37. The van der Waals surface area contributed by atoms with Crippen molar-refractivity contribution < 1.29 is 19.5 Å². The van der Waals surface area contributed by atoms with Gasteiger partial charge >= 0.3 is 5.97 Å². The molecule has 0 spiro atoms. The van der Waals surface area contributed by atoms with E-state index in [0.29, 0.717) is 29.8 Å². The highest BCUT2D eigenvalue weighted by Crippen LogP contribution is 2.16. The SMILES string of the molecule is O=C(O)C=Cc1cc(C(=O)NC2CCC(=O)NC2)cs1. The molecule has 0 radical (unpaired) electrons. The van der Waals surface area contributed by atoms with Crippen LogP contribution in [0.15, 0.2) is 17.5 Å². The van der Waals surface area contributed by atoms with E-state index in [-0.39, 0.29) is 17.9 Å². The molecule has 1 fully saturated rings. The molecule has 1 unspecified atom stereocenters. The molecule has 2 rings (SSSR count). The summed E-state index contributed by atoms with van der Waals surface area (Å²) in [4.78, 5) is 34.1. The number of thiophene rings is 1. The highest BCUT2D eigenvalue weighted by atomic mass is 32.1. The van der Waals surface area contributed by atoms with Crippen molar-refractivity contribution >= 4 is 35.2 Å². The molecule has 1 aliphatic heterocycles. The Balaban J connectivity index is 1.92. The zero-order valence-electron chi connectivity index (χ0n) is 10.6. The van der Waals surface area contributed by atoms with Gasteiger partial charge in [-0.2, -0.15) is 0 Å². The fourth-order valence-corrected chi connectivity index (χ4v) is 2.62. The molecule has 0 bridgehead atoms. The second-order valence-electron chi connectivity index (χ2n) is 4.42. The van der Waals surface area contributed by atoms with E-state index in [9.17, 15) is 14.4 Å². The van der Waals surface area contributed by atoms with Gasteiger partial charge in [-0.25, -0.2) is 4.79 Å². The molecule has 7 heteroatoms. The molecule has 0 saturated carbocycles. The summed E-state index contributed by atoms with van der Waals surface area (Å²) in [7, 11) is 0. The van der Waals surface area contributed by atoms with Gasteiger partial charge in [-0.1, -0.05) is 0 Å². The van der Waals surface area contributed by atoms with Crippen LogP contribution < -0.4 is 10.6 Å². The van der Waals surface area contributed by atoms with Gasteiger partial charge in [-0.05, 0) is 18.6 Å². The predicted octanol–water partition coefficient (Wildman–Crippen LogP) is 0.854. The first kappa shape index (κ1) is 14.3. The Labute approximate surface area is 119 Å². The van der Waals surface area contributed by atoms with Crippen molar-refractivity contribution in [2.45, 2.75) is 18.9 Å². The topological polar surface area (TPSA) is 95.5 Å². The molecule has 1 aromatic rings. The molecule has 20 heavy (non-hydrogen) atoms. The molecule has 1 atom stereocenters. The van der Waals surface area contributed by atoms with Crippen molar-refractivity contribution in [1.82, 2.24) is 10.6 Å². The highest BCUT2D eigenvalue weighted by Gasteiger charge is 2.20. The van der Waals surface area contributed by atoms with E-state index in [4.69, 9.17) is 5.11 Å². The van der Waals surface area contributed by atoms with Crippen LogP contribution >= 0.6 is 11.3 Å². The molecule has 1 aliphatic rings. The smallest absolute Gasteiger partial charge is 0.328 e. The van der Waals surface area contributed by atoms with Crippen LogP contribution in [0.25, 0.3) is 6.08 Å². The van der Waals surface area contributed by atoms with Crippen LogP contribution in [0.1, 0.15) is 28.1 Å². The van der Waals surface area contributed by atoms with E-state index >= 15 is 0 Å². The maximum absolute atomic E-state index is 12.0. The Bertz CT molecular complexity index is 554. The molecule has 1 saturated heterocycles. The number of rotatable bonds is 4. The van der Waals surface area contributed by atoms with Crippen molar-refractivity contribution in [1.29, 1.82) is 0 Å². The third-order valence-corrected chi connectivity index (χ3v) is 3.77. The van der Waals surface area contributed by atoms with Crippen LogP contribution in [-0.4, -0.2) is 35.5 Å². The van der Waals surface area contributed by atoms with Crippen molar-refractivity contribution in [2.24, 2.45) is 0 Å². The van der Waals surface area contributed by atoms with E-state index in [0.717, 1.165) is 6.08 Å². The average molecular weight is 294 g/mol. The Morgan fingerprint density at radius 1 is 1.50 bits per heavy atom. The number of carbonyl (C=O) groups excluding carboxylic acids is 2. The Morgan fingerprint density at radius 3 is 2.95 bits per heavy atom. The molecule has 2 heterocycles. The Kier molecular flexibility index (Phi) is 4.52. The third-order valence-electron chi connectivity index (χ3n) is 2.87. The van der Waals surface area contributed by atoms with Gasteiger partial charge in [0.15, 0.2) is 0 Å². The predicted molar refractivity (Wildman–Crippen MR) is 74.5 cm³/mol. The van der Waals surface area contributed by atoms with Gasteiger partial charge in [0, 0.05) is 35.3 Å². The van der Waals surface area contributed by atoms with Crippen LogP contribution in [0.4, 0.5) is 0 Å². The summed E-state index contributed by atoms with van der Waals surface area (Å²) in [6.07, 6.45) is 3.53. The summed E-state index contributed by atoms with van der Waals surface area (Å²) in [5.41, 5.74) is 0.497. The zero-order valence-corrected chi connectivity index (χ0v) is 11.4. The quantitative estimate of drug-likeness (QED) is 0.718. The lowest BCUT2D eigenvalue weighted by atomic mass is 10.1. The van der Waals surface area contributed by atoms with Gasteiger partial charge in [0.2, 0.25) is 5.91 Å². The molecule has 1 aromatic heterocycles. The molecule has 6 nitrogen and oxygen atoms in total. The maximum atomic E-state index is 12.0. The van der Waals surface area contributed by atoms with Crippen LogP contribution in [0.5, 0.6) is 0 Å². The number of carbonyl (C=O) groups is 3. The van der Waals surface area contributed by atoms with Gasteiger partial charge in [-0.15, -0.1) is 11.3 Å². The molecule has 0 aliphatic carbocycles. The first-order chi connectivity index (χ1) is 9.54. The monoisotopic (exact) mass is 294 g/mol. The van der Waals surface area contributed by atoms with Gasteiger partial charge in [-0.3, -0.25) is 9.59 Å². The van der Waals surface area contributed by atoms with E-state index < -0.39 is 5.97 Å². The van der Waals surface area contributed by atoms with Crippen LogP contribution in [0, 0.1) is 0 Å². The van der Waals surface area contributed by atoms with E-state index in [2.05, 4.69) is 10.6 Å². The molecule has 0 aromatic carbocycles. The summed E-state index contributed by atoms with van der Waals surface area (Å²) in [6.45, 7) is 0.445. The molecular formula is C13H14N2O4S. The summed E-state index contributed by atoms with van der Waals surface area (Å²) in [5, 5.41) is 15.8. The maximum Gasteiger partial charge on any atom is 0.328 e. The van der Waals surface area contributed by atoms with Crippen molar-refractivity contribution in [2.75, 3.05) is 6.54 Å². The number of carboxylic acid groups (broad SMARTS) is 1. The summed E-state index contributed by atoms with van der Waals surface area (Å²) in [5.74, 6) is -1.23. The number of nitrogens with one attached hydrogen (secondary N) is 2. The minimum atomic E-state index is -1.03. The van der Waals surface area contributed by atoms with E-state index in [1.54, 1.807) is 11.4 Å². The normalized spacial score (nSPS) is 18.8. The van der Waals surface area contributed by atoms with Gasteiger partial charge < -0.3 is 15.7 Å². The fourth-order valence-electron chi connectivity index (χ4n) is 1.84. The lowest BCUT2D eigenvalue weighted by Crippen LogP contribution is -2.47. The third kappa shape index (κ3) is 3.92. The minimum Gasteiger partial charge on any atom is -0.478 e.